The van der Waals surface area contributed by atoms with Gasteiger partial charge < -0.3 is 10.4 Å². The van der Waals surface area contributed by atoms with Gasteiger partial charge in [0.2, 0.25) is 5.91 Å². The van der Waals surface area contributed by atoms with E-state index in [0.29, 0.717) is 6.54 Å². The van der Waals surface area contributed by atoms with Crippen LogP contribution in [0.3, 0.4) is 0 Å². The van der Waals surface area contributed by atoms with Crippen LogP contribution in [0.5, 0.6) is 0 Å². The molecule has 0 aliphatic heterocycles. The van der Waals surface area contributed by atoms with Crippen molar-refractivity contribution in [3.05, 3.63) is 47.5 Å². The molecule has 4 heteroatoms. The van der Waals surface area contributed by atoms with Gasteiger partial charge in [0, 0.05) is 18.7 Å². The predicted octanol–water partition coefficient (Wildman–Crippen LogP) is 1.29. The molecule has 0 radical (unpaired) electrons. The maximum Gasteiger partial charge on any atom is 0.328 e. The Morgan fingerprint density at radius 2 is 2.12 bits per heavy atom. The molecule has 1 aromatic rings. The number of amides is 1. The number of carboxylic acids is 1. The van der Waals surface area contributed by atoms with Crippen molar-refractivity contribution in [1.82, 2.24) is 5.32 Å². The van der Waals surface area contributed by atoms with Crippen LogP contribution in [0.2, 0.25) is 0 Å². The fraction of sp³-hybridized carbons (Fsp3) is 0.231. The van der Waals surface area contributed by atoms with Gasteiger partial charge in [-0.1, -0.05) is 29.8 Å². The van der Waals surface area contributed by atoms with Gasteiger partial charge in [-0.25, -0.2) is 4.79 Å². The second kappa shape index (κ2) is 6.48. The van der Waals surface area contributed by atoms with E-state index in [-0.39, 0.29) is 5.91 Å². The highest BCUT2D eigenvalue weighted by atomic mass is 16.4. The summed E-state index contributed by atoms with van der Waals surface area (Å²) in [5, 5.41) is 10.9. The van der Waals surface area contributed by atoms with E-state index in [9.17, 15) is 9.59 Å². The average Bonchev–Trinajstić information content (AvgIpc) is 2.26. The van der Waals surface area contributed by atoms with Gasteiger partial charge in [0.25, 0.3) is 0 Å². The van der Waals surface area contributed by atoms with Crippen molar-refractivity contribution < 1.29 is 14.7 Å². The van der Waals surface area contributed by atoms with E-state index in [4.69, 9.17) is 5.11 Å². The lowest BCUT2D eigenvalue weighted by atomic mass is 10.1. The van der Waals surface area contributed by atoms with E-state index < -0.39 is 5.97 Å². The Bertz CT molecular complexity index is 438. The number of carbonyl (C=O) groups excluding carboxylic acids is 1. The minimum absolute atomic E-state index is 0.389. The molecule has 0 aliphatic rings. The van der Waals surface area contributed by atoms with Crippen molar-refractivity contribution in [1.29, 1.82) is 0 Å². The number of rotatable bonds is 5. The molecule has 0 heterocycles. The Hall–Kier alpha value is -2.10. The number of hydrogen-bond donors (Lipinski definition) is 2. The fourth-order valence-electron chi connectivity index (χ4n) is 1.40. The zero-order chi connectivity index (χ0) is 12.7. The maximum absolute atomic E-state index is 11.1. The molecule has 0 saturated carbocycles. The molecule has 0 fully saturated rings. The summed E-state index contributed by atoms with van der Waals surface area (Å²) >= 11 is 0. The highest BCUT2D eigenvalue weighted by molar-refractivity contribution is 5.93. The predicted molar refractivity (Wildman–Crippen MR) is 64.7 cm³/mol. The minimum Gasteiger partial charge on any atom is -0.478 e. The molecule has 0 unspecified atom stereocenters. The molecule has 0 aromatic heterocycles. The van der Waals surface area contributed by atoms with Crippen molar-refractivity contribution in [3.63, 3.8) is 0 Å². The van der Waals surface area contributed by atoms with Crippen molar-refractivity contribution >= 4 is 11.9 Å². The number of aryl methyl sites for hydroxylation is 1. The van der Waals surface area contributed by atoms with Crippen LogP contribution in [0, 0.1) is 6.92 Å². The van der Waals surface area contributed by atoms with Crippen LogP contribution >= 0.6 is 0 Å². The highest BCUT2D eigenvalue weighted by Gasteiger charge is 1.97. The molecule has 2 N–H and O–H groups in total. The summed E-state index contributed by atoms with van der Waals surface area (Å²) in [6, 6.07) is 8.03. The summed E-state index contributed by atoms with van der Waals surface area (Å²) in [5.41, 5.74) is 2.33. The van der Waals surface area contributed by atoms with E-state index in [1.807, 2.05) is 25.1 Å². The highest BCUT2D eigenvalue weighted by Crippen LogP contribution is 2.03. The van der Waals surface area contributed by atoms with E-state index in [2.05, 4.69) is 11.4 Å². The zero-order valence-electron chi connectivity index (χ0n) is 9.64. The van der Waals surface area contributed by atoms with Crippen molar-refractivity contribution in [2.75, 3.05) is 6.54 Å². The Morgan fingerprint density at radius 3 is 2.76 bits per heavy atom. The largest absolute Gasteiger partial charge is 0.478 e. The number of carboxylic acid groups (broad SMARTS) is 1. The van der Waals surface area contributed by atoms with Crippen LogP contribution in [0.4, 0.5) is 0 Å². The topological polar surface area (TPSA) is 66.4 Å². The first-order valence-corrected chi connectivity index (χ1v) is 5.32. The molecule has 0 atom stereocenters. The molecular weight excluding hydrogens is 218 g/mol. The second-order valence-electron chi connectivity index (χ2n) is 3.70. The third kappa shape index (κ3) is 5.51. The van der Waals surface area contributed by atoms with Gasteiger partial charge in [-0.15, -0.1) is 0 Å². The van der Waals surface area contributed by atoms with Gasteiger partial charge in [0.05, 0.1) is 0 Å². The molecule has 4 nitrogen and oxygen atoms in total. The number of hydrogen-bond acceptors (Lipinski definition) is 2. The van der Waals surface area contributed by atoms with Crippen LogP contribution in [0.1, 0.15) is 11.1 Å². The van der Waals surface area contributed by atoms with Gasteiger partial charge in [0.15, 0.2) is 0 Å². The van der Waals surface area contributed by atoms with Gasteiger partial charge in [-0.2, -0.15) is 0 Å². The third-order valence-electron chi connectivity index (χ3n) is 2.17. The molecule has 1 aromatic carbocycles. The normalized spacial score (nSPS) is 10.4. The van der Waals surface area contributed by atoms with Crippen molar-refractivity contribution in [3.8, 4) is 0 Å². The van der Waals surface area contributed by atoms with Crippen LogP contribution in [-0.4, -0.2) is 23.5 Å². The average molecular weight is 233 g/mol. The van der Waals surface area contributed by atoms with Crippen LogP contribution in [0.15, 0.2) is 36.4 Å². The summed E-state index contributed by atoms with van der Waals surface area (Å²) in [6.45, 7) is 2.50. The monoisotopic (exact) mass is 233 g/mol. The fourth-order valence-corrected chi connectivity index (χ4v) is 1.40. The van der Waals surface area contributed by atoms with Crippen molar-refractivity contribution in [2.45, 2.75) is 13.3 Å². The Kier molecular flexibility index (Phi) is 4.94. The molecular formula is C13H15NO3. The molecule has 0 aliphatic carbocycles. The number of benzene rings is 1. The first kappa shape index (κ1) is 13.0. The molecule has 1 amide bonds. The molecule has 0 spiro atoms. The number of carbonyl (C=O) groups is 2. The van der Waals surface area contributed by atoms with Gasteiger partial charge in [-0.3, -0.25) is 4.79 Å². The molecule has 17 heavy (non-hydrogen) atoms. The minimum atomic E-state index is -1.13. The van der Waals surface area contributed by atoms with E-state index >= 15 is 0 Å². The van der Waals surface area contributed by atoms with Crippen LogP contribution in [0.25, 0.3) is 0 Å². The van der Waals surface area contributed by atoms with E-state index in [0.717, 1.165) is 24.1 Å². The number of nitrogens with one attached hydrogen (secondary N) is 1. The quantitative estimate of drug-likeness (QED) is 0.753. The van der Waals surface area contributed by atoms with Gasteiger partial charge in [-0.05, 0) is 18.9 Å². The third-order valence-corrected chi connectivity index (χ3v) is 2.17. The lowest BCUT2D eigenvalue weighted by molar-refractivity contribution is -0.131. The Morgan fingerprint density at radius 1 is 1.35 bits per heavy atom. The second-order valence-corrected chi connectivity index (χ2v) is 3.70. The molecule has 0 bridgehead atoms. The lowest BCUT2D eigenvalue weighted by Crippen LogP contribution is -2.23. The van der Waals surface area contributed by atoms with E-state index in [1.54, 1.807) is 0 Å². The lowest BCUT2D eigenvalue weighted by Gasteiger charge is -2.03. The molecule has 0 saturated heterocycles. The SMILES string of the molecule is Cc1cccc(CCNC(=O)/C=C/C(=O)O)c1. The number of aliphatic carboxylic acids is 1. The Balaban J connectivity index is 2.33. The summed E-state index contributed by atoms with van der Waals surface area (Å²) in [4.78, 5) is 21.3. The smallest absolute Gasteiger partial charge is 0.328 e. The van der Waals surface area contributed by atoms with Crippen molar-refractivity contribution in [2.24, 2.45) is 0 Å². The summed E-state index contributed by atoms with van der Waals surface area (Å²) in [7, 11) is 0. The van der Waals surface area contributed by atoms with Crippen LogP contribution < -0.4 is 5.32 Å². The zero-order valence-corrected chi connectivity index (χ0v) is 9.64. The summed E-state index contributed by atoms with van der Waals surface area (Å²) in [6.07, 6.45) is 2.56. The van der Waals surface area contributed by atoms with E-state index in [1.165, 1.54) is 5.56 Å². The Labute approximate surface area is 100.0 Å². The molecule has 1 rings (SSSR count). The summed E-state index contributed by atoms with van der Waals surface area (Å²) in [5.74, 6) is -1.51. The first-order chi connectivity index (χ1) is 8.08. The van der Waals surface area contributed by atoms with Gasteiger partial charge >= 0.3 is 5.97 Å². The van der Waals surface area contributed by atoms with Crippen LogP contribution in [-0.2, 0) is 16.0 Å². The molecule has 90 valence electrons. The van der Waals surface area contributed by atoms with Gasteiger partial charge in [0.1, 0.15) is 0 Å². The maximum atomic E-state index is 11.1. The first-order valence-electron chi connectivity index (χ1n) is 5.32. The summed E-state index contributed by atoms with van der Waals surface area (Å²) < 4.78 is 0. The standard InChI is InChI=1S/C13H15NO3/c1-10-3-2-4-11(9-10)7-8-14-12(15)5-6-13(16)17/h2-6,9H,7-8H2,1H3,(H,14,15)(H,16,17)/b6-5+.